The molecule has 0 atom stereocenters. The van der Waals surface area contributed by atoms with Crippen LogP contribution in [0.3, 0.4) is 0 Å². The van der Waals surface area contributed by atoms with E-state index in [9.17, 15) is 4.79 Å². The number of carbonyl (C=O) groups excluding carboxylic acids is 1. The minimum absolute atomic E-state index is 0.0328. The molecule has 0 aliphatic carbocycles. The summed E-state index contributed by atoms with van der Waals surface area (Å²) in [7, 11) is 0. The molecule has 1 heterocycles. The van der Waals surface area contributed by atoms with Crippen molar-refractivity contribution < 1.29 is 4.79 Å². The number of rotatable bonds is 5. The number of hydrogen-bond donors (Lipinski definition) is 0. The molecule has 0 aliphatic rings. The van der Waals surface area contributed by atoms with E-state index in [2.05, 4.69) is 32.0 Å². The van der Waals surface area contributed by atoms with Gasteiger partial charge in [0.15, 0.2) is 5.13 Å². The van der Waals surface area contributed by atoms with Crippen molar-refractivity contribution in [3.05, 3.63) is 95.6 Å². The molecule has 1 amide bonds. The molecule has 140 valence electrons. The minimum atomic E-state index is -0.0328. The van der Waals surface area contributed by atoms with Crippen molar-refractivity contribution in [1.29, 1.82) is 0 Å². The van der Waals surface area contributed by atoms with Crippen LogP contribution in [-0.4, -0.2) is 10.9 Å². The Morgan fingerprint density at radius 2 is 1.61 bits per heavy atom. The smallest absolute Gasteiger partial charge is 0.260 e. The van der Waals surface area contributed by atoms with E-state index in [0.29, 0.717) is 18.0 Å². The highest BCUT2D eigenvalue weighted by Crippen LogP contribution is 2.34. The Labute approximate surface area is 169 Å². The standard InChI is InChI=1S/C24H22N2OS/c1-17(2)20-14-9-15-21-22(20)25-24(28-21)26(16-18-10-5-3-6-11-18)23(27)19-12-7-4-8-13-19/h3-15,17H,16H2,1-2H3. The summed E-state index contributed by atoms with van der Waals surface area (Å²) >= 11 is 1.57. The Morgan fingerprint density at radius 3 is 2.29 bits per heavy atom. The normalized spacial score (nSPS) is 11.1. The lowest BCUT2D eigenvalue weighted by molar-refractivity contribution is 0.0985. The quantitative estimate of drug-likeness (QED) is 0.405. The first-order chi connectivity index (χ1) is 13.6. The number of aromatic nitrogens is 1. The fourth-order valence-corrected chi connectivity index (χ4v) is 4.27. The third-order valence-corrected chi connectivity index (χ3v) is 5.78. The third kappa shape index (κ3) is 3.69. The molecular formula is C24H22N2OS. The van der Waals surface area contributed by atoms with E-state index < -0.39 is 0 Å². The summed E-state index contributed by atoms with van der Waals surface area (Å²) in [5.41, 5.74) is 3.96. The van der Waals surface area contributed by atoms with Crippen molar-refractivity contribution in [2.24, 2.45) is 0 Å². The van der Waals surface area contributed by atoms with Gasteiger partial charge in [0, 0.05) is 5.56 Å². The fraction of sp³-hybridized carbons (Fsp3) is 0.167. The van der Waals surface area contributed by atoms with Crippen molar-refractivity contribution in [2.45, 2.75) is 26.3 Å². The highest BCUT2D eigenvalue weighted by Gasteiger charge is 2.22. The van der Waals surface area contributed by atoms with Crippen LogP contribution in [0.1, 0.15) is 41.3 Å². The SMILES string of the molecule is CC(C)c1cccc2sc(N(Cc3ccccc3)C(=O)c3ccccc3)nc12. The molecule has 0 N–H and O–H groups in total. The van der Waals surface area contributed by atoms with E-state index in [-0.39, 0.29) is 5.91 Å². The second-order valence-corrected chi connectivity index (χ2v) is 8.10. The van der Waals surface area contributed by atoms with Gasteiger partial charge >= 0.3 is 0 Å². The molecule has 0 bridgehead atoms. The molecular weight excluding hydrogens is 364 g/mol. The molecule has 28 heavy (non-hydrogen) atoms. The molecule has 0 unspecified atom stereocenters. The van der Waals surface area contributed by atoms with Crippen LogP contribution in [0, 0.1) is 0 Å². The third-order valence-electron chi connectivity index (χ3n) is 4.74. The largest absolute Gasteiger partial charge is 0.279 e. The van der Waals surface area contributed by atoms with Crippen molar-refractivity contribution in [2.75, 3.05) is 4.90 Å². The molecule has 0 radical (unpaired) electrons. The number of para-hydroxylation sites is 1. The van der Waals surface area contributed by atoms with Gasteiger partial charge in [-0.15, -0.1) is 0 Å². The number of carbonyl (C=O) groups is 1. The zero-order chi connectivity index (χ0) is 19.5. The maximum absolute atomic E-state index is 13.3. The molecule has 4 heteroatoms. The lowest BCUT2D eigenvalue weighted by Gasteiger charge is -2.20. The van der Waals surface area contributed by atoms with Crippen LogP contribution in [0.15, 0.2) is 78.9 Å². The number of hydrogen-bond acceptors (Lipinski definition) is 3. The predicted molar refractivity (Wildman–Crippen MR) is 117 cm³/mol. The summed E-state index contributed by atoms with van der Waals surface area (Å²) in [6.07, 6.45) is 0. The first-order valence-corrected chi connectivity index (χ1v) is 10.3. The molecule has 0 saturated carbocycles. The first-order valence-electron chi connectivity index (χ1n) is 9.44. The highest BCUT2D eigenvalue weighted by atomic mass is 32.1. The van der Waals surface area contributed by atoms with E-state index in [1.54, 1.807) is 16.2 Å². The van der Waals surface area contributed by atoms with Crippen LogP contribution >= 0.6 is 11.3 Å². The Kier molecular flexibility index (Phi) is 5.22. The molecule has 1 aromatic heterocycles. The monoisotopic (exact) mass is 386 g/mol. The molecule has 0 aliphatic heterocycles. The topological polar surface area (TPSA) is 33.2 Å². The maximum atomic E-state index is 13.3. The number of nitrogens with zero attached hydrogens (tertiary/aromatic N) is 2. The summed E-state index contributed by atoms with van der Waals surface area (Å²) in [6.45, 7) is 4.83. The van der Waals surface area contributed by atoms with E-state index in [1.807, 2.05) is 60.7 Å². The zero-order valence-corrected chi connectivity index (χ0v) is 16.8. The molecule has 3 aromatic carbocycles. The summed E-state index contributed by atoms with van der Waals surface area (Å²) < 4.78 is 1.11. The number of benzene rings is 3. The average Bonchev–Trinajstić information content (AvgIpc) is 3.16. The molecule has 4 aromatic rings. The van der Waals surface area contributed by atoms with Crippen LogP contribution in [0.25, 0.3) is 10.2 Å². The lowest BCUT2D eigenvalue weighted by Crippen LogP contribution is -2.30. The summed E-state index contributed by atoms with van der Waals surface area (Å²) in [5.74, 6) is 0.348. The van der Waals surface area contributed by atoms with Gasteiger partial charge < -0.3 is 0 Å². The molecule has 0 saturated heterocycles. The Balaban J connectivity index is 1.80. The van der Waals surface area contributed by atoms with Gasteiger partial charge in [-0.3, -0.25) is 9.69 Å². The Hall–Kier alpha value is -2.98. The van der Waals surface area contributed by atoms with Gasteiger partial charge in [0.05, 0.1) is 16.8 Å². The molecule has 0 spiro atoms. The van der Waals surface area contributed by atoms with Crippen molar-refractivity contribution in [1.82, 2.24) is 4.98 Å². The van der Waals surface area contributed by atoms with Gasteiger partial charge in [-0.1, -0.05) is 85.8 Å². The number of anilines is 1. The summed E-state index contributed by atoms with van der Waals surface area (Å²) in [4.78, 5) is 20.0. The number of fused-ring (bicyclic) bond motifs is 1. The predicted octanol–water partition coefficient (Wildman–Crippen LogP) is 6.27. The summed E-state index contributed by atoms with van der Waals surface area (Å²) in [5, 5.41) is 0.737. The van der Waals surface area contributed by atoms with Crippen LogP contribution < -0.4 is 4.90 Å². The molecule has 0 fully saturated rings. The minimum Gasteiger partial charge on any atom is -0.279 e. The van der Waals surface area contributed by atoms with Crippen LogP contribution in [0.5, 0.6) is 0 Å². The molecule has 4 rings (SSSR count). The van der Waals surface area contributed by atoms with E-state index in [0.717, 1.165) is 20.9 Å². The fourth-order valence-electron chi connectivity index (χ4n) is 3.27. The van der Waals surface area contributed by atoms with Gasteiger partial charge in [0.1, 0.15) is 0 Å². The van der Waals surface area contributed by atoms with E-state index >= 15 is 0 Å². The van der Waals surface area contributed by atoms with Crippen LogP contribution in [-0.2, 0) is 6.54 Å². The second-order valence-electron chi connectivity index (χ2n) is 7.09. The Bertz CT molecular complexity index is 1090. The highest BCUT2D eigenvalue weighted by molar-refractivity contribution is 7.22. The van der Waals surface area contributed by atoms with Gasteiger partial charge in [-0.2, -0.15) is 0 Å². The summed E-state index contributed by atoms with van der Waals surface area (Å²) in [6, 6.07) is 25.7. The molecule has 3 nitrogen and oxygen atoms in total. The van der Waals surface area contributed by atoms with Gasteiger partial charge in [0.2, 0.25) is 0 Å². The number of thiazole rings is 1. The average molecular weight is 387 g/mol. The van der Waals surface area contributed by atoms with Gasteiger partial charge in [0.25, 0.3) is 5.91 Å². The number of amides is 1. The van der Waals surface area contributed by atoms with Crippen molar-refractivity contribution in [3.63, 3.8) is 0 Å². The van der Waals surface area contributed by atoms with Crippen molar-refractivity contribution >= 4 is 32.6 Å². The van der Waals surface area contributed by atoms with E-state index in [1.165, 1.54) is 5.56 Å². The second kappa shape index (κ2) is 7.95. The van der Waals surface area contributed by atoms with E-state index in [4.69, 9.17) is 4.98 Å². The van der Waals surface area contributed by atoms with Crippen LogP contribution in [0.4, 0.5) is 5.13 Å². The van der Waals surface area contributed by atoms with Crippen molar-refractivity contribution in [3.8, 4) is 0 Å². The Morgan fingerprint density at radius 1 is 0.929 bits per heavy atom. The first kappa shape index (κ1) is 18.4. The van der Waals surface area contributed by atoms with Gasteiger partial charge in [-0.25, -0.2) is 4.98 Å². The maximum Gasteiger partial charge on any atom is 0.260 e. The van der Waals surface area contributed by atoms with Crippen LogP contribution in [0.2, 0.25) is 0 Å². The lowest BCUT2D eigenvalue weighted by atomic mass is 10.0. The zero-order valence-electron chi connectivity index (χ0n) is 16.0. The van der Waals surface area contributed by atoms with Gasteiger partial charge in [-0.05, 0) is 35.2 Å².